The zero-order valence-electron chi connectivity index (χ0n) is 6.48. The zero-order chi connectivity index (χ0) is 7.33. The van der Waals surface area contributed by atoms with E-state index in [2.05, 4.69) is 26.2 Å². The van der Waals surface area contributed by atoms with Gasteiger partial charge in [-0.05, 0) is 19.6 Å². The van der Waals surface area contributed by atoms with Crippen LogP contribution in [0.1, 0.15) is 0 Å². The number of hydrogen-bond acceptors (Lipinski definition) is 1. The van der Waals surface area contributed by atoms with Crippen LogP contribution in [0.3, 0.4) is 0 Å². The molecule has 0 atom stereocenters. The first-order valence-electron chi connectivity index (χ1n) is 3.14. The topological polar surface area (TPSA) is 9.23 Å². The Balaban J connectivity index is 3.17. The van der Waals surface area contributed by atoms with Gasteiger partial charge in [-0.25, -0.2) is 0 Å². The summed E-state index contributed by atoms with van der Waals surface area (Å²) in [6.07, 6.45) is 3.69. The highest BCUT2D eigenvalue weighted by Gasteiger charge is 2.12. The molecule has 0 heterocycles. The molecule has 0 unspecified atom stereocenters. The highest BCUT2D eigenvalue weighted by Crippen LogP contribution is 2.01. The first kappa shape index (κ1) is 8.92. The van der Waals surface area contributed by atoms with Crippen molar-refractivity contribution in [3.63, 3.8) is 0 Å². The van der Waals surface area contributed by atoms with Crippen LogP contribution in [0, 0.1) is 6.42 Å². The summed E-state index contributed by atoms with van der Waals surface area (Å²) in [5, 5.41) is 0. The normalized spacial score (nSPS) is 11.4. The van der Waals surface area contributed by atoms with Crippen LogP contribution < -0.4 is 0 Å². The third kappa shape index (κ3) is 7.92. The summed E-state index contributed by atoms with van der Waals surface area (Å²) in [5.74, 6) is 0. The molecule has 0 saturated carbocycles. The molecule has 9 heavy (non-hydrogen) atoms. The van der Waals surface area contributed by atoms with Crippen molar-refractivity contribution in [2.45, 2.75) is 19.6 Å². The lowest BCUT2D eigenvalue weighted by atomic mass is 10.5. The Kier molecular flexibility index (Phi) is 3.82. The molecule has 0 rings (SSSR count). The molecule has 0 aromatic carbocycles. The maximum atomic E-state index is 5.48. The minimum atomic E-state index is -1.27. The number of hydrogen-bond donors (Lipinski definition) is 0. The second-order valence-electron chi connectivity index (χ2n) is 2.89. The third-order valence-corrected chi connectivity index (χ3v) is 1.81. The molecule has 1 radical (unpaired) electrons. The van der Waals surface area contributed by atoms with Crippen molar-refractivity contribution < 1.29 is 4.43 Å². The van der Waals surface area contributed by atoms with Gasteiger partial charge in [-0.15, -0.1) is 6.58 Å². The Morgan fingerprint density at radius 2 is 2.00 bits per heavy atom. The van der Waals surface area contributed by atoms with Gasteiger partial charge in [-0.2, -0.15) is 0 Å². The van der Waals surface area contributed by atoms with Crippen molar-refractivity contribution in [1.29, 1.82) is 0 Å². The van der Waals surface area contributed by atoms with E-state index in [0.29, 0.717) is 0 Å². The minimum Gasteiger partial charge on any atom is -0.417 e. The molecule has 0 fully saturated rings. The minimum absolute atomic E-state index is 0.721. The second kappa shape index (κ2) is 3.85. The van der Waals surface area contributed by atoms with Crippen LogP contribution >= 0.6 is 0 Å². The van der Waals surface area contributed by atoms with E-state index in [0.717, 1.165) is 6.61 Å². The van der Waals surface area contributed by atoms with E-state index < -0.39 is 8.32 Å². The summed E-state index contributed by atoms with van der Waals surface area (Å²) in [6, 6.07) is 0. The first-order valence-corrected chi connectivity index (χ1v) is 6.55. The van der Waals surface area contributed by atoms with E-state index in [4.69, 9.17) is 4.43 Å². The van der Waals surface area contributed by atoms with E-state index in [1.807, 2.05) is 6.42 Å². The Labute approximate surface area is 58.9 Å². The van der Waals surface area contributed by atoms with Gasteiger partial charge in [0.05, 0.1) is 0 Å². The van der Waals surface area contributed by atoms with E-state index in [-0.39, 0.29) is 0 Å². The van der Waals surface area contributed by atoms with Gasteiger partial charge in [-0.1, -0.05) is 6.08 Å². The van der Waals surface area contributed by atoms with E-state index >= 15 is 0 Å². The highest BCUT2D eigenvalue weighted by atomic mass is 28.4. The molecule has 53 valence electrons. The summed E-state index contributed by atoms with van der Waals surface area (Å²) in [6.45, 7) is 10.8. The standard InChI is InChI=1S/C7H15OSi/c1-5-6-7-8-9(2,3)4/h5-6H,1,7H2,2-4H3. The predicted molar refractivity (Wildman–Crippen MR) is 43.8 cm³/mol. The molecule has 1 nitrogen and oxygen atoms in total. The van der Waals surface area contributed by atoms with Crippen LogP contribution in [-0.4, -0.2) is 14.9 Å². The molecule has 0 aromatic heterocycles. The maximum Gasteiger partial charge on any atom is 0.183 e. The van der Waals surface area contributed by atoms with Crippen LogP contribution in [0.4, 0.5) is 0 Å². The molecular formula is C7H15OSi. The fraction of sp³-hybridized carbons (Fsp3) is 0.571. The zero-order valence-corrected chi connectivity index (χ0v) is 7.48. The van der Waals surface area contributed by atoms with Gasteiger partial charge < -0.3 is 4.43 Å². The van der Waals surface area contributed by atoms with Gasteiger partial charge >= 0.3 is 0 Å². The van der Waals surface area contributed by atoms with Crippen LogP contribution in [0.25, 0.3) is 0 Å². The van der Waals surface area contributed by atoms with E-state index in [9.17, 15) is 0 Å². The molecule has 0 amide bonds. The van der Waals surface area contributed by atoms with Gasteiger partial charge in [0.1, 0.15) is 0 Å². The molecule has 0 aromatic rings. The summed E-state index contributed by atoms with van der Waals surface area (Å²) in [4.78, 5) is 0. The highest BCUT2D eigenvalue weighted by molar-refractivity contribution is 6.69. The third-order valence-electron chi connectivity index (χ3n) is 0.779. The molecule has 0 bridgehead atoms. The second-order valence-corrected chi connectivity index (χ2v) is 7.41. The van der Waals surface area contributed by atoms with Crippen LogP contribution in [0.15, 0.2) is 12.7 Å². The molecule has 0 aliphatic heterocycles. The summed E-state index contributed by atoms with van der Waals surface area (Å²) >= 11 is 0. The lowest BCUT2D eigenvalue weighted by Crippen LogP contribution is -2.25. The lowest BCUT2D eigenvalue weighted by molar-refractivity contribution is 0.348. The Hall–Kier alpha value is -0.0831. The predicted octanol–water partition coefficient (Wildman–Crippen LogP) is 2.23. The molecule has 0 aliphatic rings. The largest absolute Gasteiger partial charge is 0.417 e. The van der Waals surface area contributed by atoms with Crippen LogP contribution in [0.5, 0.6) is 0 Å². The van der Waals surface area contributed by atoms with E-state index in [1.165, 1.54) is 0 Å². The SMILES string of the molecule is C=C[CH]CO[Si](C)(C)C. The van der Waals surface area contributed by atoms with Gasteiger partial charge in [0, 0.05) is 13.0 Å². The summed E-state index contributed by atoms with van der Waals surface area (Å²) in [5.41, 5.74) is 0. The molecule has 0 aliphatic carbocycles. The average Bonchev–Trinajstić information content (AvgIpc) is 1.63. The molecule has 0 spiro atoms. The van der Waals surface area contributed by atoms with Crippen molar-refractivity contribution in [2.75, 3.05) is 6.61 Å². The van der Waals surface area contributed by atoms with Crippen molar-refractivity contribution in [1.82, 2.24) is 0 Å². The molecule has 2 heteroatoms. The smallest absolute Gasteiger partial charge is 0.183 e. The molecular weight excluding hydrogens is 128 g/mol. The summed E-state index contributed by atoms with van der Waals surface area (Å²) < 4.78 is 5.48. The van der Waals surface area contributed by atoms with Crippen molar-refractivity contribution >= 4 is 8.32 Å². The Bertz CT molecular complexity index is 83.4. The Morgan fingerprint density at radius 1 is 1.44 bits per heavy atom. The van der Waals surface area contributed by atoms with Crippen LogP contribution in [0.2, 0.25) is 19.6 Å². The quantitative estimate of drug-likeness (QED) is 0.433. The lowest BCUT2D eigenvalue weighted by Gasteiger charge is -2.15. The van der Waals surface area contributed by atoms with Crippen molar-refractivity contribution in [3.05, 3.63) is 19.1 Å². The fourth-order valence-corrected chi connectivity index (χ4v) is 0.962. The Morgan fingerprint density at radius 3 is 2.33 bits per heavy atom. The molecule has 0 saturated heterocycles. The summed E-state index contributed by atoms with van der Waals surface area (Å²) in [7, 11) is -1.27. The number of rotatable bonds is 4. The van der Waals surface area contributed by atoms with Gasteiger partial charge in [-0.3, -0.25) is 0 Å². The van der Waals surface area contributed by atoms with Gasteiger partial charge in [0.2, 0.25) is 0 Å². The van der Waals surface area contributed by atoms with E-state index in [1.54, 1.807) is 6.08 Å². The van der Waals surface area contributed by atoms with Gasteiger partial charge in [0.15, 0.2) is 8.32 Å². The first-order chi connectivity index (χ1) is 4.06. The fourth-order valence-electron chi connectivity index (χ4n) is 0.366. The van der Waals surface area contributed by atoms with Crippen LogP contribution in [-0.2, 0) is 4.43 Å². The monoisotopic (exact) mass is 143 g/mol. The average molecular weight is 143 g/mol. The van der Waals surface area contributed by atoms with Crippen molar-refractivity contribution in [3.8, 4) is 0 Å². The van der Waals surface area contributed by atoms with Gasteiger partial charge in [0.25, 0.3) is 0 Å². The maximum absolute atomic E-state index is 5.48. The molecule has 0 N–H and O–H groups in total. The van der Waals surface area contributed by atoms with Crippen molar-refractivity contribution in [2.24, 2.45) is 0 Å².